The van der Waals surface area contributed by atoms with Crippen LogP contribution in [0.5, 0.6) is 0 Å². The second kappa shape index (κ2) is 63.7. The minimum absolute atomic E-state index is 0.0337. The van der Waals surface area contributed by atoms with Crippen molar-refractivity contribution < 1.29 is 37.3 Å². The maximum atomic E-state index is 13.6. The second-order valence-corrected chi connectivity index (χ2v) is 26.1. The summed E-state index contributed by atoms with van der Waals surface area (Å²) in [6.45, 7) is 6.87. The Labute approximate surface area is 525 Å². The molecule has 1 amide bonds. The summed E-state index contributed by atoms with van der Waals surface area (Å²) in [6, 6.07) is -0.861. The van der Waals surface area contributed by atoms with Gasteiger partial charge in [-0.25, -0.2) is 4.57 Å². The van der Waals surface area contributed by atoms with E-state index in [0.717, 1.165) is 116 Å². The summed E-state index contributed by atoms with van der Waals surface area (Å²) < 4.78 is 30.8. The van der Waals surface area contributed by atoms with E-state index >= 15 is 0 Å². The Kier molecular flexibility index (Phi) is 61.2. The number of unbranched alkanes of at least 4 members (excludes halogenated alkanes) is 31. The van der Waals surface area contributed by atoms with Gasteiger partial charge in [0.1, 0.15) is 19.3 Å². The van der Waals surface area contributed by atoms with Crippen molar-refractivity contribution in [1.82, 2.24) is 5.32 Å². The third kappa shape index (κ3) is 65.0. The van der Waals surface area contributed by atoms with Crippen molar-refractivity contribution in [2.24, 2.45) is 0 Å². The first-order valence-electron chi connectivity index (χ1n) is 35.2. The minimum Gasteiger partial charge on any atom is -0.456 e. The monoisotopic (exact) mass is 1210 g/mol. The fourth-order valence-electron chi connectivity index (χ4n) is 9.80. The summed E-state index contributed by atoms with van der Waals surface area (Å²) in [5.74, 6) is -0.516. The number of esters is 1. The summed E-state index contributed by atoms with van der Waals surface area (Å²) in [5.41, 5.74) is 0. The highest BCUT2D eigenvalue weighted by Crippen LogP contribution is 2.43. The first-order chi connectivity index (χ1) is 41.4. The molecule has 0 aromatic heterocycles. The molecular formula is C75H134N2O7P+. The molecule has 0 saturated heterocycles. The molecule has 9 nitrogen and oxygen atoms in total. The average Bonchev–Trinajstić information content (AvgIpc) is 3.64. The molecule has 0 aliphatic rings. The van der Waals surface area contributed by atoms with Gasteiger partial charge < -0.3 is 19.4 Å². The van der Waals surface area contributed by atoms with Gasteiger partial charge in [-0.15, -0.1) is 0 Å². The summed E-state index contributed by atoms with van der Waals surface area (Å²) in [5, 5.41) is 3.06. The van der Waals surface area contributed by atoms with Crippen LogP contribution in [0.15, 0.2) is 109 Å². The fourth-order valence-corrected chi connectivity index (χ4v) is 10.5. The largest absolute Gasteiger partial charge is 0.472 e. The van der Waals surface area contributed by atoms with Gasteiger partial charge in [-0.05, 0) is 115 Å². The molecule has 0 rings (SSSR count). The minimum atomic E-state index is -4.46. The summed E-state index contributed by atoms with van der Waals surface area (Å²) in [7, 11) is 1.48. The smallest absolute Gasteiger partial charge is 0.456 e. The van der Waals surface area contributed by atoms with Crippen LogP contribution in [0, 0.1) is 0 Å². The number of nitrogens with one attached hydrogen (secondary N) is 1. The maximum Gasteiger partial charge on any atom is 0.472 e. The van der Waals surface area contributed by atoms with E-state index in [4.69, 9.17) is 13.8 Å². The molecule has 3 atom stereocenters. The van der Waals surface area contributed by atoms with Crippen molar-refractivity contribution >= 4 is 19.7 Å². The number of ether oxygens (including phenoxy) is 1. The quantitative estimate of drug-likeness (QED) is 0.0205. The normalized spacial score (nSPS) is 14.2. The fraction of sp³-hybridized carbons (Fsp3) is 0.733. The third-order valence-electron chi connectivity index (χ3n) is 15.2. The topological polar surface area (TPSA) is 111 Å². The van der Waals surface area contributed by atoms with Gasteiger partial charge in [-0.2, -0.15) is 0 Å². The molecule has 0 radical (unpaired) electrons. The number of carbonyl (C=O) groups excluding carboxylic acids is 2. The van der Waals surface area contributed by atoms with Crippen molar-refractivity contribution in [2.75, 3.05) is 40.9 Å². The number of likely N-dealkylation sites (N-methyl/N-ethyl adjacent to an activating group) is 1. The van der Waals surface area contributed by atoms with Crippen LogP contribution in [0.4, 0.5) is 0 Å². The van der Waals surface area contributed by atoms with E-state index < -0.39 is 20.0 Å². The van der Waals surface area contributed by atoms with E-state index in [2.05, 4.69) is 123 Å². The number of carbonyl (C=O) groups is 2. The van der Waals surface area contributed by atoms with Gasteiger partial charge in [0.05, 0.1) is 33.8 Å². The lowest BCUT2D eigenvalue weighted by Gasteiger charge is -2.27. The van der Waals surface area contributed by atoms with Crippen LogP contribution in [-0.4, -0.2) is 74.3 Å². The Bertz CT molecular complexity index is 1820. The van der Waals surface area contributed by atoms with E-state index in [-0.39, 0.29) is 31.5 Å². The molecule has 2 N–H and O–H groups in total. The summed E-state index contributed by atoms with van der Waals surface area (Å²) in [6.07, 6.45) is 88.1. The van der Waals surface area contributed by atoms with Gasteiger partial charge in [0, 0.05) is 12.8 Å². The summed E-state index contributed by atoms with van der Waals surface area (Å²) in [4.78, 5) is 37.9. The Hall–Kier alpha value is -3.33. The predicted octanol–water partition coefficient (Wildman–Crippen LogP) is 22.5. The van der Waals surface area contributed by atoms with E-state index in [1.807, 2.05) is 33.3 Å². The molecule has 0 heterocycles. The highest BCUT2D eigenvalue weighted by atomic mass is 31.2. The van der Waals surface area contributed by atoms with Gasteiger partial charge in [0.15, 0.2) is 0 Å². The van der Waals surface area contributed by atoms with Crippen molar-refractivity contribution in [2.45, 2.75) is 315 Å². The van der Waals surface area contributed by atoms with Crippen LogP contribution in [0.2, 0.25) is 0 Å². The van der Waals surface area contributed by atoms with Crippen molar-refractivity contribution in [3.8, 4) is 0 Å². The molecule has 0 aliphatic carbocycles. The zero-order chi connectivity index (χ0) is 62.1. The average molecular weight is 1210 g/mol. The SMILES string of the molecule is CC/C=C\C/C=C\C/C=C\C/C=C\C/C=C\CCCCCCCCCCCC(=O)NC(COP(=O)(O)OCC[N+](C)(C)C)C(/C=C/CCCCCCCCCCC)OC(=O)CCCCCCCCCCCC/C=C\C/C=C\C/C=C\CCCCC. The summed E-state index contributed by atoms with van der Waals surface area (Å²) >= 11 is 0. The molecule has 0 aromatic rings. The van der Waals surface area contributed by atoms with Gasteiger partial charge in [-0.1, -0.05) is 285 Å². The van der Waals surface area contributed by atoms with Crippen LogP contribution >= 0.6 is 7.82 Å². The van der Waals surface area contributed by atoms with Crippen LogP contribution in [0.1, 0.15) is 303 Å². The molecule has 0 aromatic carbocycles. The van der Waals surface area contributed by atoms with Crippen molar-refractivity contribution in [3.05, 3.63) is 109 Å². The number of nitrogens with zero attached hydrogens (tertiary/aromatic N) is 1. The highest BCUT2D eigenvalue weighted by Gasteiger charge is 2.30. The number of allylic oxidation sites excluding steroid dienone is 17. The molecular weight excluding hydrogens is 1070 g/mol. The predicted molar refractivity (Wildman–Crippen MR) is 369 cm³/mol. The Morgan fingerprint density at radius 3 is 1.15 bits per heavy atom. The lowest BCUT2D eigenvalue weighted by Crippen LogP contribution is -2.47. The molecule has 490 valence electrons. The van der Waals surface area contributed by atoms with Gasteiger partial charge in [-0.3, -0.25) is 18.6 Å². The van der Waals surface area contributed by atoms with E-state index in [1.54, 1.807) is 0 Å². The second-order valence-electron chi connectivity index (χ2n) is 24.7. The standard InChI is InChI=1S/C75H133N2O7P/c1-7-10-13-16-19-22-25-27-29-31-33-35-37-38-40-41-43-45-47-49-52-55-58-61-64-67-74(78)76-72(71-83-85(80,81)82-70-69-77(4,5)6)73(66-63-60-57-54-51-24-21-18-15-12-9-3)84-75(79)68-65-62-59-56-53-50-48-46-44-42-39-36-34-32-30-28-26-23-20-17-14-11-8-2/h10,13,19-20,22-23,27-30,33-36,38,40,63,66,72-73H,7-9,11-12,14-18,21,24-26,31-32,37,39,41-62,64-65,67-71H2,1-6H3,(H-,76,78,80,81)/p+1/b13-10-,22-19-,23-20-,29-27-,30-28-,35-33-,36-34-,40-38-,66-63+. The lowest BCUT2D eigenvalue weighted by atomic mass is 10.0. The molecule has 85 heavy (non-hydrogen) atoms. The molecule has 0 aliphatic heterocycles. The Morgan fingerprint density at radius 2 is 0.753 bits per heavy atom. The number of phosphoric acid groups is 1. The third-order valence-corrected chi connectivity index (χ3v) is 16.2. The first-order valence-corrected chi connectivity index (χ1v) is 36.7. The molecule has 0 bridgehead atoms. The molecule has 3 unspecified atom stereocenters. The molecule has 10 heteroatoms. The number of quaternary nitrogens is 1. The molecule has 0 fully saturated rings. The van der Waals surface area contributed by atoms with Crippen LogP contribution in [0.25, 0.3) is 0 Å². The Balaban J connectivity index is 5.07. The maximum absolute atomic E-state index is 13.6. The number of amides is 1. The number of phosphoric ester groups is 1. The molecule has 0 spiro atoms. The van der Waals surface area contributed by atoms with Crippen LogP contribution < -0.4 is 5.32 Å². The number of rotatable bonds is 63. The van der Waals surface area contributed by atoms with Crippen LogP contribution in [-0.2, 0) is 27.9 Å². The molecule has 0 saturated carbocycles. The van der Waals surface area contributed by atoms with Gasteiger partial charge in [0.25, 0.3) is 0 Å². The van der Waals surface area contributed by atoms with E-state index in [1.165, 1.54) is 154 Å². The van der Waals surface area contributed by atoms with Crippen molar-refractivity contribution in [1.29, 1.82) is 0 Å². The zero-order valence-electron chi connectivity index (χ0n) is 56.1. The van der Waals surface area contributed by atoms with Gasteiger partial charge in [0.2, 0.25) is 5.91 Å². The Morgan fingerprint density at radius 1 is 0.424 bits per heavy atom. The van der Waals surface area contributed by atoms with Crippen LogP contribution in [0.3, 0.4) is 0 Å². The van der Waals surface area contributed by atoms with Gasteiger partial charge >= 0.3 is 13.8 Å². The lowest BCUT2D eigenvalue weighted by molar-refractivity contribution is -0.870. The van der Waals surface area contributed by atoms with Crippen molar-refractivity contribution in [3.63, 3.8) is 0 Å². The highest BCUT2D eigenvalue weighted by molar-refractivity contribution is 7.47. The number of hydrogen-bond acceptors (Lipinski definition) is 6. The van der Waals surface area contributed by atoms with E-state index in [0.29, 0.717) is 17.4 Å². The zero-order valence-corrected chi connectivity index (χ0v) is 57.0. The number of hydrogen-bond donors (Lipinski definition) is 2. The first kappa shape index (κ1) is 81.7. The van der Waals surface area contributed by atoms with E-state index in [9.17, 15) is 19.0 Å².